The number of rotatable bonds is 4. The first-order valence-corrected chi connectivity index (χ1v) is 8.51. The number of ether oxygens (including phenoxy) is 1. The van der Waals surface area contributed by atoms with Crippen LogP contribution in [0.25, 0.3) is 27.5 Å². The molecule has 1 heterocycles. The third-order valence-corrected chi connectivity index (χ3v) is 4.68. The van der Waals surface area contributed by atoms with Gasteiger partial charge < -0.3 is 9.30 Å². The summed E-state index contributed by atoms with van der Waals surface area (Å²) in [4.78, 5) is 0. The van der Waals surface area contributed by atoms with Gasteiger partial charge in [0.15, 0.2) is 0 Å². The minimum Gasteiger partial charge on any atom is -0.494 e. The molecule has 0 saturated heterocycles. The number of nitrogens with zero attached hydrogens (tertiary/aromatic N) is 1. The Labute approximate surface area is 148 Å². The molecule has 4 rings (SSSR count). The largest absolute Gasteiger partial charge is 0.494 e. The van der Waals surface area contributed by atoms with Crippen molar-refractivity contribution in [3.8, 4) is 11.4 Å². The molecule has 124 valence electrons. The van der Waals surface area contributed by atoms with Crippen molar-refractivity contribution < 1.29 is 4.74 Å². The zero-order valence-corrected chi connectivity index (χ0v) is 14.6. The molecule has 0 unspecified atom stereocenters. The van der Waals surface area contributed by atoms with Crippen molar-refractivity contribution in [3.63, 3.8) is 0 Å². The number of aromatic nitrogens is 1. The van der Waals surface area contributed by atoms with E-state index < -0.39 is 0 Å². The summed E-state index contributed by atoms with van der Waals surface area (Å²) in [5.41, 5.74) is 5.84. The maximum absolute atomic E-state index is 5.84. The molecule has 0 atom stereocenters. The lowest BCUT2D eigenvalue weighted by atomic mass is 10.1. The summed E-state index contributed by atoms with van der Waals surface area (Å²) in [6, 6.07) is 21.4. The number of para-hydroxylation sites is 2. The Hall–Kier alpha value is -3.00. The van der Waals surface area contributed by atoms with E-state index in [1.54, 1.807) is 7.11 Å². The zero-order chi connectivity index (χ0) is 17.4. The van der Waals surface area contributed by atoms with Crippen LogP contribution in [0.1, 0.15) is 11.1 Å². The molecule has 0 aliphatic heterocycles. The predicted octanol–water partition coefficient (Wildman–Crippen LogP) is 5.83. The molecule has 0 saturated carbocycles. The Morgan fingerprint density at radius 1 is 0.960 bits per heavy atom. The van der Waals surface area contributed by atoms with Gasteiger partial charge in [0.25, 0.3) is 0 Å². The van der Waals surface area contributed by atoms with Crippen molar-refractivity contribution in [3.05, 3.63) is 84.4 Å². The van der Waals surface area contributed by atoms with Gasteiger partial charge >= 0.3 is 0 Å². The van der Waals surface area contributed by atoms with Crippen molar-refractivity contribution in [2.45, 2.75) is 13.3 Å². The second-order valence-electron chi connectivity index (χ2n) is 6.34. The van der Waals surface area contributed by atoms with E-state index in [2.05, 4.69) is 78.7 Å². The van der Waals surface area contributed by atoms with E-state index in [1.807, 2.05) is 6.08 Å². The van der Waals surface area contributed by atoms with Crippen LogP contribution in [0, 0.1) is 6.92 Å². The third-order valence-electron chi connectivity index (χ3n) is 4.68. The molecule has 0 spiro atoms. The van der Waals surface area contributed by atoms with Gasteiger partial charge in [-0.15, -0.1) is 6.58 Å². The molecule has 0 N–H and O–H groups in total. The molecule has 3 aromatic carbocycles. The number of hydrogen-bond donors (Lipinski definition) is 0. The fourth-order valence-corrected chi connectivity index (χ4v) is 3.72. The molecule has 2 nitrogen and oxygen atoms in total. The van der Waals surface area contributed by atoms with Crippen molar-refractivity contribution in [1.82, 2.24) is 4.57 Å². The van der Waals surface area contributed by atoms with E-state index in [0.717, 1.165) is 23.4 Å². The van der Waals surface area contributed by atoms with Gasteiger partial charge in [-0.2, -0.15) is 0 Å². The molecule has 1 aromatic heterocycles. The number of methoxy groups -OCH3 is 1. The van der Waals surface area contributed by atoms with Crippen LogP contribution < -0.4 is 4.74 Å². The van der Waals surface area contributed by atoms with Crippen LogP contribution in [0.5, 0.6) is 5.75 Å². The Bertz CT molecular complexity index is 1030. The lowest BCUT2D eigenvalue weighted by Crippen LogP contribution is -2.02. The number of allylic oxidation sites excluding steroid dienone is 1. The van der Waals surface area contributed by atoms with Gasteiger partial charge in [-0.25, -0.2) is 0 Å². The Morgan fingerprint density at radius 2 is 1.56 bits per heavy atom. The minimum absolute atomic E-state index is 0.787. The van der Waals surface area contributed by atoms with Gasteiger partial charge in [0.05, 0.1) is 23.8 Å². The highest BCUT2D eigenvalue weighted by Gasteiger charge is 2.17. The topological polar surface area (TPSA) is 14.2 Å². The van der Waals surface area contributed by atoms with Crippen molar-refractivity contribution in [2.75, 3.05) is 7.11 Å². The van der Waals surface area contributed by atoms with Crippen molar-refractivity contribution >= 4 is 21.8 Å². The highest BCUT2D eigenvalue weighted by molar-refractivity contribution is 6.09. The van der Waals surface area contributed by atoms with E-state index >= 15 is 0 Å². The average Bonchev–Trinajstić information content (AvgIpc) is 2.96. The van der Waals surface area contributed by atoms with E-state index in [9.17, 15) is 0 Å². The van der Waals surface area contributed by atoms with Crippen molar-refractivity contribution in [2.24, 2.45) is 0 Å². The summed E-state index contributed by atoms with van der Waals surface area (Å²) in [6.45, 7) is 6.02. The molecular weight excluding hydrogens is 306 g/mol. The first-order chi connectivity index (χ1) is 12.2. The zero-order valence-electron chi connectivity index (χ0n) is 14.6. The molecule has 2 heteroatoms. The molecule has 0 aliphatic carbocycles. The quantitative estimate of drug-likeness (QED) is 0.430. The van der Waals surface area contributed by atoms with Gasteiger partial charge in [-0.3, -0.25) is 0 Å². The summed E-state index contributed by atoms with van der Waals surface area (Å²) >= 11 is 0. The highest BCUT2D eigenvalue weighted by atomic mass is 16.5. The van der Waals surface area contributed by atoms with Crippen LogP contribution in [0.3, 0.4) is 0 Å². The molecule has 0 radical (unpaired) electrons. The molecule has 0 aliphatic rings. The van der Waals surface area contributed by atoms with E-state index in [1.165, 1.54) is 27.4 Å². The molecule has 25 heavy (non-hydrogen) atoms. The first-order valence-electron chi connectivity index (χ1n) is 8.51. The molecule has 0 bridgehead atoms. The maximum atomic E-state index is 5.84. The fourth-order valence-electron chi connectivity index (χ4n) is 3.72. The second kappa shape index (κ2) is 6.14. The van der Waals surface area contributed by atoms with Crippen LogP contribution in [0.2, 0.25) is 0 Å². The maximum Gasteiger partial charge on any atom is 0.146 e. The van der Waals surface area contributed by atoms with Crippen LogP contribution in [-0.2, 0) is 6.42 Å². The summed E-state index contributed by atoms with van der Waals surface area (Å²) in [5.74, 6) is 0.914. The third kappa shape index (κ3) is 2.42. The highest BCUT2D eigenvalue weighted by Crippen LogP contribution is 2.37. The normalized spacial score (nSPS) is 11.1. The summed E-state index contributed by atoms with van der Waals surface area (Å²) in [7, 11) is 1.74. The smallest absolute Gasteiger partial charge is 0.146 e. The summed E-state index contributed by atoms with van der Waals surface area (Å²) in [5, 5.41) is 2.51. The molecular formula is C23H21NO. The lowest BCUT2D eigenvalue weighted by Gasteiger charge is -2.17. The van der Waals surface area contributed by atoms with Crippen LogP contribution in [0.4, 0.5) is 0 Å². The molecule has 0 fully saturated rings. The minimum atomic E-state index is 0.787. The Morgan fingerprint density at radius 3 is 2.12 bits per heavy atom. The van der Waals surface area contributed by atoms with Gasteiger partial charge in [0.2, 0.25) is 0 Å². The SMILES string of the molecule is C=CCc1cc(C)cc(-n2c3ccccc3c3ccccc32)c1OC. The molecule has 0 amide bonds. The summed E-state index contributed by atoms with van der Waals surface area (Å²) in [6.07, 6.45) is 2.71. The van der Waals surface area contributed by atoms with E-state index in [0.29, 0.717) is 0 Å². The molecule has 4 aromatic rings. The van der Waals surface area contributed by atoms with Crippen LogP contribution in [0.15, 0.2) is 73.3 Å². The summed E-state index contributed by atoms with van der Waals surface area (Å²) < 4.78 is 8.15. The predicted molar refractivity (Wildman–Crippen MR) is 106 cm³/mol. The van der Waals surface area contributed by atoms with Gasteiger partial charge in [-0.05, 0) is 37.1 Å². The number of fused-ring (bicyclic) bond motifs is 3. The fraction of sp³-hybridized carbons (Fsp3) is 0.130. The Balaban J connectivity index is 2.16. The van der Waals surface area contributed by atoms with E-state index in [-0.39, 0.29) is 0 Å². The number of benzene rings is 3. The Kier molecular flexibility index (Phi) is 3.81. The monoisotopic (exact) mass is 327 g/mol. The number of hydrogen-bond acceptors (Lipinski definition) is 1. The van der Waals surface area contributed by atoms with Gasteiger partial charge in [0.1, 0.15) is 5.75 Å². The lowest BCUT2D eigenvalue weighted by molar-refractivity contribution is 0.409. The second-order valence-corrected chi connectivity index (χ2v) is 6.34. The van der Waals surface area contributed by atoms with Crippen LogP contribution >= 0.6 is 0 Å². The van der Waals surface area contributed by atoms with Crippen LogP contribution in [-0.4, -0.2) is 11.7 Å². The van der Waals surface area contributed by atoms with Gasteiger partial charge in [0, 0.05) is 16.3 Å². The van der Waals surface area contributed by atoms with Gasteiger partial charge in [-0.1, -0.05) is 48.5 Å². The van der Waals surface area contributed by atoms with Crippen molar-refractivity contribution in [1.29, 1.82) is 0 Å². The average molecular weight is 327 g/mol. The first kappa shape index (κ1) is 15.5. The standard InChI is InChI=1S/C23H21NO/c1-4-9-17-14-16(2)15-22(23(17)25-3)24-20-12-7-5-10-18(20)19-11-6-8-13-21(19)24/h4-8,10-15H,1,9H2,2-3H3. The number of aryl methyl sites for hydroxylation is 1. The van der Waals surface area contributed by atoms with E-state index in [4.69, 9.17) is 4.74 Å².